The van der Waals surface area contributed by atoms with Gasteiger partial charge in [-0.05, 0) is 12.8 Å². The number of carbonyl (C=O) groups is 1. The number of nitrogens with one attached hydrogen (secondary N) is 1. The van der Waals surface area contributed by atoms with Crippen LogP contribution in [0.5, 0.6) is 0 Å². The molecule has 1 saturated heterocycles. The molecule has 1 aliphatic heterocycles. The fourth-order valence-corrected chi connectivity index (χ4v) is 2.46. The van der Waals surface area contributed by atoms with Gasteiger partial charge in [-0.3, -0.25) is 9.69 Å². The zero-order chi connectivity index (χ0) is 9.97. The molecular formula is C10H18N2O2. The maximum atomic E-state index is 11.2. The SMILES string of the molecule is O=C1CN([C@@H]2CCCC[C@H]2O)CCN1. The molecule has 0 bridgehead atoms. The number of rotatable bonds is 1. The van der Waals surface area contributed by atoms with Gasteiger partial charge in [0.1, 0.15) is 0 Å². The van der Waals surface area contributed by atoms with Crippen LogP contribution in [0.15, 0.2) is 0 Å². The molecule has 1 amide bonds. The minimum Gasteiger partial charge on any atom is -0.391 e. The van der Waals surface area contributed by atoms with Crippen LogP contribution < -0.4 is 5.32 Å². The fraction of sp³-hybridized carbons (Fsp3) is 0.900. The molecule has 2 rings (SSSR count). The molecule has 2 aliphatic rings. The zero-order valence-corrected chi connectivity index (χ0v) is 8.41. The molecule has 0 unspecified atom stereocenters. The average molecular weight is 198 g/mol. The third kappa shape index (κ3) is 2.07. The first-order valence-corrected chi connectivity index (χ1v) is 5.46. The minimum atomic E-state index is -0.227. The molecule has 1 saturated carbocycles. The maximum absolute atomic E-state index is 11.2. The summed E-state index contributed by atoms with van der Waals surface area (Å²) < 4.78 is 0. The third-order valence-corrected chi connectivity index (χ3v) is 3.23. The van der Waals surface area contributed by atoms with E-state index in [2.05, 4.69) is 10.2 Å². The van der Waals surface area contributed by atoms with Crippen molar-refractivity contribution in [1.29, 1.82) is 0 Å². The minimum absolute atomic E-state index is 0.0917. The van der Waals surface area contributed by atoms with Crippen molar-refractivity contribution in [2.45, 2.75) is 37.8 Å². The molecule has 2 fully saturated rings. The van der Waals surface area contributed by atoms with Gasteiger partial charge in [0.25, 0.3) is 0 Å². The van der Waals surface area contributed by atoms with Crippen LogP contribution in [-0.4, -0.2) is 47.7 Å². The summed E-state index contributed by atoms with van der Waals surface area (Å²) in [5.74, 6) is 0.0917. The highest BCUT2D eigenvalue weighted by Gasteiger charge is 2.31. The van der Waals surface area contributed by atoms with E-state index in [4.69, 9.17) is 0 Å². The molecule has 0 radical (unpaired) electrons. The van der Waals surface area contributed by atoms with Crippen molar-refractivity contribution < 1.29 is 9.90 Å². The highest BCUT2D eigenvalue weighted by Crippen LogP contribution is 2.23. The summed E-state index contributed by atoms with van der Waals surface area (Å²) in [6.45, 7) is 2.07. The lowest BCUT2D eigenvalue weighted by atomic mass is 9.91. The Labute approximate surface area is 84.3 Å². The Bertz CT molecular complexity index is 220. The van der Waals surface area contributed by atoms with E-state index in [0.717, 1.165) is 32.4 Å². The van der Waals surface area contributed by atoms with Crippen molar-refractivity contribution in [2.24, 2.45) is 0 Å². The van der Waals surface area contributed by atoms with Gasteiger partial charge in [-0.15, -0.1) is 0 Å². The lowest BCUT2D eigenvalue weighted by Crippen LogP contribution is -2.55. The summed E-state index contributed by atoms with van der Waals surface area (Å²) in [7, 11) is 0. The summed E-state index contributed by atoms with van der Waals surface area (Å²) in [4.78, 5) is 13.3. The molecule has 0 aromatic carbocycles. The predicted octanol–water partition coefficient (Wildman–Crippen LogP) is -0.278. The molecular weight excluding hydrogens is 180 g/mol. The Hall–Kier alpha value is -0.610. The number of carbonyl (C=O) groups excluding carboxylic acids is 1. The van der Waals surface area contributed by atoms with Crippen LogP contribution in [0.1, 0.15) is 25.7 Å². The van der Waals surface area contributed by atoms with Crippen molar-refractivity contribution in [2.75, 3.05) is 19.6 Å². The second-order valence-electron chi connectivity index (χ2n) is 4.24. The second-order valence-corrected chi connectivity index (χ2v) is 4.24. The van der Waals surface area contributed by atoms with Crippen LogP contribution in [0.2, 0.25) is 0 Å². The summed E-state index contributed by atoms with van der Waals surface area (Å²) in [6.07, 6.45) is 4.00. The van der Waals surface area contributed by atoms with Crippen molar-refractivity contribution >= 4 is 5.91 Å². The highest BCUT2D eigenvalue weighted by atomic mass is 16.3. The Morgan fingerprint density at radius 1 is 1.36 bits per heavy atom. The zero-order valence-electron chi connectivity index (χ0n) is 8.41. The Morgan fingerprint density at radius 2 is 2.14 bits per heavy atom. The number of aliphatic hydroxyl groups is 1. The van der Waals surface area contributed by atoms with Gasteiger partial charge in [0.15, 0.2) is 0 Å². The molecule has 1 aliphatic carbocycles. The number of aliphatic hydroxyl groups excluding tert-OH is 1. The smallest absolute Gasteiger partial charge is 0.234 e. The van der Waals surface area contributed by atoms with Crippen LogP contribution in [0, 0.1) is 0 Å². The summed E-state index contributed by atoms with van der Waals surface area (Å²) in [6, 6.07) is 0.217. The maximum Gasteiger partial charge on any atom is 0.234 e. The lowest BCUT2D eigenvalue weighted by Gasteiger charge is -2.39. The third-order valence-electron chi connectivity index (χ3n) is 3.23. The Kier molecular flexibility index (Phi) is 3.03. The average Bonchev–Trinajstić information content (AvgIpc) is 2.18. The first-order chi connectivity index (χ1) is 6.77. The molecule has 0 aromatic rings. The van der Waals surface area contributed by atoms with E-state index in [0.29, 0.717) is 6.54 Å². The predicted molar refractivity (Wildman–Crippen MR) is 52.8 cm³/mol. The van der Waals surface area contributed by atoms with E-state index in [1.165, 1.54) is 6.42 Å². The highest BCUT2D eigenvalue weighted by molar-refractivity contribution is 5.78. The van der Waals surface area contributed by atoms with Crippen molar-refractivity contribution in [1.82, 2.24) is 10.2 Å². The molecule has 80 valence electrons. The van der Waals surface area contributed by atoms with Crippen molar-refractivity contribution in [3.8, 4) is 0 Å². The van der Waals surface area contributed by atoms with Crippen molar-refractivity contribution in [3.05, 3.63) is 0 Å². The largest absolute Gasteiger partial charge is 0.391 e. The van der Waals surface area contributed by atoms with Crippen molar-refractivity contribution in [3.63, 3.8) is 0 Å². The second kappa shape index (κ2) is 4.28. The van der Waals surface area contributed by atoms with Crippen LogP contribution in [0.3, 0.4) is 0 Å². The number of amides is 1. The van der Waals surface area contributed by atoms with Gasteiger partial charge in [-0.2, -0.15) is 0 Å². The molecule has 4 heteroatoms. The van der Waals surface area contributed by atoms with Gasteiger partial charge in [-0.25, -0.2) is 0 Å². The summed E-state index contributed by atoms with van der Waals surface area (Å²) in [5.41, 5.74) is 0. The van der Waals surface area contributed by atoms with Crippen LogP contribution in [-0.2, 0) is 4.79 Å². The molecule has 0 spiro atoms. The Morgan fingerprint density at radius 3 is 2.86 bits per heavy atom. The standard InChI is InChI=1S/C10H18N2O2/c13-9-4-2-1-3-8(9)12-6-5-11-10(14)7-12/h8-9,13H,1-7H2,(H,11,14)/t8-,9-/m1/s1. The van der Waals surface area contributed by atoms with Gasteiger partial charge in [-0.1, -0.05) is 12.8 Å². The fourth-order valence-electron chi connectivity index (χ4n) is 2.46. The quantitative estimate of drug-likeness (QED) is 0.609. The van der Waals surface area contributed by atoms with E-state index >= 15 is 0 Å². The molecule has 4 nitrogen and oxygen atoms in total. The number of nitrogens with zero attached hydrogens (tertiary/aromatic N) is 1. The number of piperazine rings is 1. The molecule has 0 aromatic heterocycles. The first kappa shape index (κ1) is 9.93. The van der Waals surface area contributed by atoms with E-state index in [1.807, 2.05) is 0 Å². The van der Waals surface area contributed by atoms with Gasteiger partial charge >= 0.3 is 0 Å². The molecule has 1 heterocycles. The summed E-state index contributed by atoms with van der Waals surface area (Å²) >= 11 is 0. The lowest BCUT2D eigenvalue weighted by molar-refractivity contribution is -0.126. The number of hydrogen-bond donors (Lipinski definition) is 2. The van der Waals surface area contributed by atoms with Gasteiger partial charge in [0.2, 0.25) is 5.91 Å². The van der Waals surface area contributed by atoms with Gasteiger partial charge in [0.05, 0.1) is 12.6 Å². The van der Waals surface area contributed by atoms with Gasteiger partial charge < -0.3 is 10.4 Å². The van der Waals surface area contributed by atoms with Crippen LogP contribution in [0.4, 0.5) is 0 Å². The monoisotopic (exact) mass is 198 g/mol. The number of hydrogen-bond acceptors (Lipinski definition) is 3. The molecule has 14 heavy (non-hydrogen) atoms. The van der Waals surface area contributed by atoms with E-state index in [9.17, 15) is 9.90 Å². The van der Waals surface area contributed by atoms with E-state index in [1.54, 1.807) is 0 Å². The van der Waals surface area contributed by atoms with E-state index < -0.39 is 0 Å². The normalized spacial score (nSPS) is 35.4. The van der Waals surface area contributed by atoms with Crippen LogP contribution in [0.25, 0.3) is 0 Å². The molecule has 2 atom stereocenters. The van der Waals surface area contributed by atoms with E-state index in [-0.39, 0.29) is 18.1 Å². The first-order valence-electron chi connectivity index (χ1n) is 5.46. The topological polar surface area (TPSA) is 52.6 Å². The van der Waals surface area contributed by atoms with Gasteiger partial charge in [0, 0.05) is 19.1 Å². The molecule has 2 N–H and O–H groups in total. The van der Waals surface area contributed by atoms with Crippen LogP contribution >= 0.6 is 0 Å². The Balaban J connectivity index is 1.94. The summed E-state index contributed by atoms with van der Waals surface area (Å²) in [5, 5.41) is 12.6.